The number of nitrogens with zero attached hydrogens (tertiary/aromatic N) is 4. The minimum absolute atomic E-state index is 0.274. The van der Waals surface area contributed by atoms with Crippen LogP contribution in [0.25, 0.3) is 0 Å². The molecular weight excluding hydrogens is 519 g/mol. The first-order valence-electron chi connectivity index (χ1n) is 8.93. The molecule has 0 atom stereocenters. The van der Waals surface area contributed by atoms with Crippen molar-refractivity contribution in [3.8, 4) is 11.5 Å². The van der Waals surface area contributed by atoms with Crippen molar-refractivity contribution in [2.45, 2.75) is 13.1 Å². The van der Waals surface area contributed by atoms with Crippen LogP contribution >= 0.6 is 0 Å². The summed E-state index contributed by atoms with van der Waals surface area (Å²) in [5.41, 5.74) is 2.52. The summed E-state index contributed by atoms with van der Waals surface area (Å²) in [5.74, 6) is 1.79. The summed E-state index contributed by atoms with van der Waals surface area (Å²) in [4.78, 5) is 9.58. The molecule has 0 saturated heterocycles. The average Bonchev–Trinajstić information content (AvgIpc) is 3.24. The van der Waals surface area contributed by atoms with Crippen LogP contribution in [0.5, 0.6) is 11.5 Å². The van der Waals surface area contributed by atoms with Crippen molar-refractivity contribution >= 4 is 8.29 Å². The summed E-state index contributed by atoms with van der Waals surface area (Å²) < 4.78 is 9.06. The van der Waals surface area contributed by atoms with Gasteiger partial charge in [0, 0.05) is 0 Å². The van der Waals surface area contributed by atoms with Crippen molar-refractivity contribution < 1.29 is 22.4 Å². The van der Waals surface area contributed by atoms with Gasteiger partial charge in [0.1, 0.15) is 0 Å². The van der Waals surface area contributed by atoms with Crippen molar-refractivity contribution in [1.29, 1.82) is 0 Å². The number of hydrogen-bond donors (Lipinski definition) is 0. The number of benzene rings is 2. The quantitative estimate of drug-likeness (QED) is 0.515. The van der Waals surface area contributed by atoms with E-state index in [1.165, 1.54) is 19.4 Å². The van der Waals surface area contributed by atoms with E-state index in [2.05, 4.69) is 80.8 Å². The predicted octanol–water partition coefficient (Wildman–Crippen LogP) is 2.90. The van der Waals surface area contributed by atoms with Crippen LogP contribution in [-0.4, -0.2) is 34.6 Å². The van der Waals surface area contributed by atoms with Gasteiger partial charge in [-0.05, 0) is 0 Å². The molecule has 138 valence electrons. The number of hydrogen-bond acceptors (Lipinski definition) is 5. The number of rotatable bonds is 0. The Hall–Kier alpha value is -2.65. The van der Waals surface area contributed by atoms with Gasteiger partial charge in [-0.1, -0.05) is 0 Å². The van der Waals surface area contributed by atoms with Gasteiger partial charge in [0.25, 0.3) is 0 Å². The van der Waals surface area contributed by atoms with Gasteiger partial charge in [0.05, 0.1) is 0 Å². The van der Waals surface area contributed by atoms with Gasteiger partial charge >= 0.3 is 166 Å². The van der Waals surface area contributed by atoms with Crippen LogP contribution in [0.3, 0.4) is 0 Å². The van der Waals surface area contributed by atoms with Crippen molar-refractivity contribution in [3.63, 3.8) is 0 Å². The fraction of sp³-hybridized carbons (Fsp3) is 0.143. The molecule has 0 aromatic heterocycles. The van der Waals surface area contributed by atoms with Gasteiger partial charge in [-0.3, -0.25) is 0 Å². The Labute approximate surface area is 165 Å². The Balaban J connectivity index is 1.51. The molecule has 0 saturated carbocycles. The molecule has 0 N–H and O–H groups in total. The second kappa shape index (κ2) is 5.93. The minimum atomic E-state index is -0.274. The molecule has 6 bridgehead atoms. The Morgan fingerprint density at radius 2 is 1.19 bits per heavy atom. The summed E-state index contributed by atoms with van der Waals surface area (Å²) in [5, 5.41) is 0. The van der Waals surface area contributed by atoms with Gasteiger partial charge in [-0.15, -0.1) is 0 Å². The zero-order valence-electron chi connectivity index (χ0n) is 14.6. The first kappa shape index (κ1) is 15.4. The van der Waals surface area contributed by atoms with Gasteiger partial charge in [-0.25, -0.2) is 0 Å². The van der Waals surface area contributed by atoms with Gasteiger partial charge in [0.2, 0.25) is 0 Å². The molecule has 5 nitrogen and oxygen atoms in total. The first-order chi connectivity index (χ1) is 13.3. The van der Waals surface area contributed by atoms with Gasteiger partial charge < -0.3 is 0 Å². The summed E-state index contributed by atoms with van der Waals surface area (Å²) in [6.45, 7) is 2.65. The van der Waals surface area contributed by atoms with Crippen LogP contribution in [0.1, 0.15) is 11.1 Å². The Morgan fingerprint density at radius 1 is 0.667 bits per heavy atom. The maximum atomic E-state index is 6.16. The topological polar surface area (TPSA) is 22.2 Å². The molecule has 0 amide bonds. The van der Waals surface area contributed by atoms with E-state index in [0.29, 0.717) is 0 Å². The van der Waals surface area contributed by atoms with Crippen molar-refractivity contribution in [1.82, 2.24) is 19.6 Å². The summed E-state index contributed by atoms with van der Waals surface area (Å²) >= 11 is -0.274. The van der Waals surface area contributed by atoms with Crippen LogP contribution in [0.4, 0.5) is 0 Å². The number of fused-ring (bicyclic) bond motifs is 4. The van der Waals surface area contributed by atoms with Gasteiger partial charge in [-0.2, -0.15) is 0 Å². The SMILES string of the molecule is C1=CN2CN3C=CN4Cc5cccc(c5)Oc5cccc(c5)CN1[C]2=[Pt]=[C]43. The molecule has 4 aliphatic rings. The molecule has 6 heteroatoms. The van der Waals surface area contributed by atoms with E-state index in [1.54, 1.807) is 0 Å². The van der Waals surface area contributed by atoms with Gasteiger partial charge in [0.15, 0.2) is 0 Å². The molecule has 0 unspecified atom stereocenters. The van der Waals surface area contributed by atoms with E-state index in [0.717, 1.165) is 31.3 Å². The zero-order valence-corrected chi connectivity index (χ0v) is 16.8. The third-order valence-corrected chi connectivity index (χ3v) is 8.54. The fourth-order valence-electron chi connectivity index (χ4n) is 3.66. The summed E-state index contributed by atoms with van der Waals surface area (Å²) in [6, 6.07) is 16.9. The van der Waals surface area contributed by atoms with Crippen molar-refractivity contribution in [3.05, 3.63) is 84.5 Å². The predicted molar refractivity (Wildman–Crippen MR) is 101 cm³/mol. The van der Waals surface area contributed by atoms with Crippen LogP contribution < -0.4 is 4.74 Å². The molecule has 0 radical (unpaired) electrons. The molecule has 27 heavy (non-hydrogen) atoms. The molecule has 6 rings (SSSR count). The molecule has 0 aliphatic carbocycles. The molecular formula is C21H18N4OPt. The summed E-state index contributed by atoms with van der Waals surface area (Å²) in [6.07, 6.45) is 8.86. The molecule has 4 aliphatic heterocycles. The van der Waals surface area contributed by atoms with Crippen LogP contribution in [0.2, 0.25) is 0 Å². The second-order valence-corrected chi connectivity index (χ2v) is 9.49. The fourth-order valence-corrected chi connectivity index (χ4v) is 6.78. The van der Waals surface area contributed by atoms with Crippen LogP contribution in [0.15, 0.2) is 73.3 Å². The average molecular weight is 537 g/mol. The van der Waals surface area contributed by atoms with Crippen LogP contribution in [0, 0.1) is 0 Å². The van der Waals surface area contributed by atoms with Crippen molar-refractivity contribution in [2.24, 2.45) is 0 Å². The number of ether oxygens (including phenoxy) is 1. The molecule has 0 spiro atoms. The molecule has 0 fully saturated rings. The van der Waals surface area contributed by atoms with E-state index in [1.807, 2.05) is 12.1 Å². The molecule has 2 aromatic rings. The van der Waals surface area contributed by atoms with E-state index in [4.69, 9.17) is 4.74 Å². The second-order valence-electron chi connectivity index (χ2n) is 6.89. The van der Waals surface area contributed by atoms with E-state index < -0.39 is 0 Å². The van der Waals surface area contributed by atoms with Crippen molar-refractivity contribution in [2.75, 3.05) is 6.67 Å². The standard InChI is InChI=1S/C21H18N4O.Pt/c1-3-18-11-20(5-1)26-21-6-2-4-19(12-21)14-23-8-10-25(16-23)17-24-9-7-22(13-18)15-24;/h1-12H,13-14,17H2;. The maximum absolute atomic E-state index is 6.16. The Morgan fingerprint density at radius 3 is 1.74 bits per heavy atom. The van der Waals surface area contributed by atoms with Crippen LogP contribution in [-0.2, 0) is 30.7 Å². The molecule has 2 aromatic carbocycles. The Kier molecular flexibility index (Phi) is 3.38. The van der Waals surface area contributed by atoms with E-state index in [-0.39, 0.29) is 17.6 Å². The third-order valence-electron chi connectivity index (χ3n) is 4.91. The Bertz CT molecular complexity index is 990. The zero-order chi connectivity index (χ0) is 17.8. The first-order valence-corrected chi connectivity index (χ1v) is 11.2. The third kappa shape index (κ3) is 2.65. The monoisotopic (exact) mass is 537 g/mol. The normalized spacial score (nSPS) is 19.9. The van der Waals surface area contributed by atoms with E-state index >= 15 is 0 Å². The van der Waals surface area contributed by atoms with E-state index in [9.17, 15) is 0 Å². The summed E-state index contributed by atoms with van der Waals surface area (Å²) in [7, 11) is 0. The molecule has 4 heterocycles.